The maximum atomic E-state index is 11.7. The molecule has 2 N–H and O–H groups in total. The molecule has 0 saturated heterocycles. The summed E-state index contributed by atoms with van der Waals surface area (Å²) < 4.78 is 15.9. The van der Waals surface area contributed by atoms with Crippen molar-refractivity contribution in [2.45, 2.75) is 19.4 Å². The number of hydrogen-bond donors (Lipinski definition) is 1. The van der Waals surface area contributed by atoms with Gasteiger partial charge in [-0.1, -0.05) is 12.1 Å². The lowest BCUT2D eigenvalue weighted by Gasteiger charge is -2.15. The second kappa shape index (κ2) is 8.88. The van der Waals surface area contributed by atoms with Crippen LogP contribution in [0.1, 0.15) is 18.1 Å². The molecule has 0 unspecified atom stereocenters. The monoisotopic (exact) mass is 354 g/mol. The molecule has 0 radical (unpaired) electrons. The standard InChI is InChI=1S/C20H22N2O4/c1-4-26-20(23)17(22)9-13-5-7-15(18(10-13)24-2)16-8-6-14(12-21)11-19(16)25-3/h5-8,10-11,17H,4,9,22H2,1-3H3/t17-/m0/s1. The first-order valence-electron chi connectivity index (χ1n) is 8.21. The third kappa shape index (κ3) is 4.32. The van der Waals surface area contributed by atoms with Crippen LogP contribution >= 0.6 is 0 Å². The predicted octanol–water partition coefficient (Wildman–Crippen LogP) is 2.68. The third-order valence-corrected chi connectivity index (χ3v) is 3.93. The van der Waals surface area contributed by atoms with Crippen molar-refractivity contribution >= 4 is 5.97 Å². The van der Waals surface area contributed by atoms with Crippen LogP contribution < -0.4 is 15.2 Å². The molecule has 0 spiro atoms. The molecule has 6 heteroatoms. The summed E-state index contributed by atoms with van der Waals surface area (Å²) >= 11 is 0. The fourth-order valence-corrected chi connectivity index (χ4v) is 2.65. The molecule has 0 aliphatic heterocycles. The van der Waals surface area contributed by atoms with Crippen LogP contribution in [0.3, 0.4) is 0 Å². The van der Waals surface area contributed by atoms with Gasteiger partial charge < -0.3 is 19.9 Å². The van der Waals surface area contributed by atoms with Crippen LogP contribution in [0.5, 0.6) is 11.5 Å². The smallest absolute Gasteiger partial charge is 0.323 e. The van der Waals surface area contributed by atoms with Crippen molar-refractivity contribution in [3.05, 3.63) is 47.5 Å². The van der Waals surface area contributed by atoms with E-state index in [9.17, 15) is 4.79 Å². The Morgan fingerprint density at radius 2 is 1.73 bits per heavy atom. The molecule has 2 aromatic carbocycles. The van der Waals surface area contributed by atoms with Crippen molar-refractivity contribution in [3.63, 3.8) is 0 Å². The van der Waals surface area contributed by atoms with E-state index in [0.29, 0.717) is 30.1 Å². The Hall–Kier alpha value is -3.04. The van der Waals surface area contributed by atoms with Crippen molar-refractivity contribution in [1.29, 1.82) is 5.26 Å². The average molecular weight is 354 g/mol. The summed E-state index contributed by atoms with van der Waals surface area (Å²) in [6.07, 6.45) is 0.347. The molecular formula is C20H22N2O4. The number of nitriles is 1. The highest BCUT2D eigenvalue weighted by Crippen LogP contribution is 2.37. The number of rotatable bonds is 7. The molecule has 0 aliphatic rings. The molecule has 2 aromatic rings. The van der Waals surface area contributed by atoms with Crippen molar-refractivity contribution in [3.8, 4) is 28.7 Å². The Balaban J connectivity index is 2.35. The van der Waals surface area contributed by atoms with Crippen LogP contribution in [0.25, 0.3) is 11.1 Å². The summed E-state index contributed by atoms with van der Waals surface area (Å²) in [7, 11) is 3.13. The summed E-state index contributed by atoms with van der Waals surface area (Å²) in [5, 5.41) is 9.04. The van der Waals surface area contributed by atoms with E-state index < -0.39 is 12.0 Å². The van der Waals surface area contributed by atoms with Crippen LogP contribution in [0, 0.1) is 11.3 Å². The minimum Gasteiger partial charge on any atom is -0.496 e. The lowest BCUT2D eigenvalue weighted by molar-refractivity contribution is -0.144. The van der Waals surface area contributed by atoms with Crippen molar-refractivity contribution < 1.29 is 19.0 Å². The second-order valence-electron chi connectivity index (χ2n) is 5.62. The van der Waals surface area contributed by atoms with E-state index in [1.807, 2.05) is 24.3 Å². The van der Waals surface area contributed by atoms with E-state index in [0.717, 1.165) is 16.7 Å². The van der Waals surface area contributed by atoms with Gasteiger partial charge in [0, 0.05) is 11.1 Å². The molecule has 6 nitrogen and oxygen atoms in total. The van der Waals surface area contributed by atoms with Crippen LogP contribution in [0.2, 0.25) is 0 Å². The zero-order valence-electron chi connectivity index (χ0n) is 15.1. The summed E-state index contributed by atoms with van der Waals surface area (Å²) in [5.74, 6) is 0.782. The largest absolute Gasteiger partial charge is 0.496 e. The van der Waals surface area contributed by atoms with Gasteiger partial charge in [-0.3, -0.25) is 4.79 Å². The zero-order chi connectivity index (χ0) is 19.1. The van der Waals surface area contributed by atoms with Gasteiger partial charge in [0.15, 0.2) is 0 Å². The maximum Gasteiger partial charge on any atom is 0.323 e. The number of nitrogens with two attached hydrogens (primary N) is 1. The highest BCUT2D eigenvalue weighted by molar-refractivity contribution is 5.78. The van der Waals surface area contributed by atoms with E-state index in [1.165, 1.54) is 0 Å². The molecule has 1 atom stereocenters. The fourth-order valence-electron chi connectivity index (χ4n) is 2.65. The number of esters is 1. The Morgan fingerprint density at radius 3 is 2.31 bits per heavy atom. The first kappa shape index (κ1) is 19.3. The van der Waals surface area contributed by atoms with Crippen molar-refractivity contribution in [2.24, 2.45) is 5.73 Å². The molecular weight excluding hydrogens is 332 g/mol. The van der Waals surface area contributed by atoms with Gasteiger partial charge in [-0.2, -0.15) is 5.26 Å². The third-order valence-electron chi connectivity index (χ3n) is 3.93. The van der Waals surface area contributed by atoms with Gasteiger partial charge in [-0.25, -0.2) is 0 Å². The lowest BCUT2D eigenvalue weighted by Crippen LogP contribution is -2.34. The number of nitrogens with zero attached hydrogens (tertiary/aromatic N) is 1. The highest BCUT2D eigenvalue weighted by atomic mass is 16.5. The average Bonchev–Trinajstić information content (AvgIpc) is 2.67. The van der Waals surface area contributed by atoms with E-state index in [1.54, 1.807) is 33.3 Å². The molecule has 0 aromatic heterocycles. The summed E-state index contributed by atoms with van der Waals surface area (Å²) in [4.78, 5) is 11.7. The quantitative estimate of drug-likeness (QED) is 0.768. The van der Waals surface area contributed by atoms with Crippen molar-refractivity contribution in [1.82, 2.24) is 0 Å². The Morgan fingerprint density at radius 1 is 1.12 bits per heavy atom. The lowest BCUT2D eigenvalue weighted by atomic mass is 9.98. The Labute approximate surface area is 153 Å². The second-order valence-corrected chi connectivity index (χ2v) is 5.62. The topological polar surface area (TPSA) is 94.6 Å². The molecule has 136 valence electrons. The SMILES string of the molecule is CCOC(=O)[C@@H](N)Cc1ccc(-c2ccc(C#N)cc2OC)c(OC)c1. The number of benzene rings is 2. The Bertz CT molecular complexity index is 827. The fraction of sp³-hybridized carbons (Fsp3) is 0.300. The first-order chi connectivity index (χ1) is 12.5. The molecule has 26 heavy (non-hydrogen) atoms. The minimum atomic E-state index is -0.727. The van der Waals surface area contributed by atoms with E-state index in [2.05, 4.69) is 6.07 Å². The van der Waals surface area contributed by atoms with Gasteiger partial charge in [-0.15, -0.1) is 0 Å². The molecule has 0 fully saturated rings. The van der Waals surface area contributed by atoms with Gasteiger partial charge in [-0.05, 0) is 43.2 Å². The normalized spacial score (nSPS) is 11.3. The van der Waals surface area contributed by atoms with Gasteiger partial charge >= 0.3 is 5.97 Å². The van der Waals surface area contributed by atoms with Gasteiger partial charge in [0.25, 0.3) is 0 Å². The highest BCUT2D eigenvalue weighted by Gasteiger charge is 2.17. The van der Waals surface area contributed by atoms with E-state index in [4.69, 9.17) is 25.2 Å². The van der Waals surface area contributed by atoms with E-state index >= 15 is 0 Å². The van der Waals surface area contributed by atoms with Crippen molar-refractivity contribution in [2.75, 3.05) is 20.8 Å². The molecule has 0 heterocycles. The number of carbonyl (C=O) groups excluding carboxylic acids is 1. The van der Waals surface area contributed by atoms with Gasteiger partial charge in [0.2, 0.25) is 0 Å². The summed E-state index contributed by atoms with van der Waals surface area (Å²) in [6.45, 7) is 2.04. The number of ether oxygens (including phenoxy) is 3. The molecule has 2 rings (SSSR count). The minimum absolute atomic E-state index is 0.299. The molecule has 0 bridgehead atoms. The first-order valence-corrected chi connectivity index (χ1v) is 8.21. The number of carbonyl (C=O) groups is 1. The zero-order valence-corrected chi connectivity index (χ0v) is 15.1. The molecule has 0 saturated carbocycles. The van der Waals surface area contributed by atoms with E-state index in [-0.39, 0.29) is 0 Å². The van der Waals surface area contributed by atoms with Crippen LogP contribution in [0.4, 0.5) is 0 Å². The number of hydrogen-bond acceptors (Lipinski definition) is 6. The van der Waals surface area contributed by atoms with Crippen LogP contribution in [-0.4, -0.2) is 32.8 Å². The maximum absolute atomic E-state index is 11.7. The summed E-state index contributed by atoms with van der Waals surface area (Å²) in [6, 6.07) is 12.2. The van der Waals surface area contributed by atoms with Gasteiger partial charge in [0.05, 0.1) is 32.5 Å². The molecule has 0 aliphatic carbocycles. The Kier molecular flexibility index (Phi) is 6.59. The van der Waals surface area contributed by atoms with Crippen LogP contribution in [-0.2, 0) is 16.0 Å². The van der Waals surface area contributed by atoms with Gasteiger partial charge in [0.1, 0.15) is 17.5 Å². The predicted molar refractivity (Wildman–Crippen MR) is 98.0 cm³/mol. The van der Waals surface area contributed by atoms with Crippen LogP contribution in [0.15, 0.2) is 36.4 Å². The summed E-state index contributed by atoms with van der Waals surface area (Å²) in [5.41, 5.74) is 8.89. The number of methoxy groups -OCH3 is 2. The molecule has 0 amide bonds.